The predicted octanol–water partition coefficient (Wildman–Crippen LogP) is 0.121. The Labute approximate surface area is 117 Å². The second-order valence-electron chi connectivity index (χ2n) is 5.26. The Morgan fingerprint density at radius 1 is 1.65 bits per heavy atom. The van der Waals surface area contributed by atoms with Gasteiger partial charge in [-0.3, -0.25) is 4.79 Å². The zero-order valence-electron chi connectivity index (χ0n) is 11.7. The van der Waals surface area contributed by atoms with E-state index < -0.39 is 18.1 Å². The zero-order chi connectivity index (χ0) is 14.9. The van der Waals surface area contributed by atoms with Gasteiger partial charge in [0.1, 0.15) is 6.04 Å². The summed E-state index contributed by atoms with van der Waals surface area (Å²) in [6.45, 7) is 4.06. The van der Waals surface area contributed by atoms with E-state index in [1.54, 1.807) is 0 Å². The van der Waals surface area contributed by atoms with E-state index in [0.29, 0.717) is 5.69 Å². The first-order chi connectivity index (χ1) is 9.45. The van der Waals surface area contributed by atoms with Crippen LogP contribution in [0.2, 0.25) is 0 Å². The molecule has 0 radical (unpaired) electrons. The molecule has 1 aromatic heterocycles. The number of carbonyl (C=O) groups is 2. The van der Waals surface area contributed by atoms with E-state index in [2.05, 4.69) is 9.97 Å². The van der Waals surface area contributed by atoms with Gasteiger partial charge in [-0.2, -0.15) is 0 Å². The van der Waals surface area contributed by atoms with E-state index in [4.69, 9.17) is 5.73 Å². The highest BCUT2D eigenvalue weighted by Crippen LogP contribution is 2.22. The molecule has 7 heteroatoms. The number of hydrogen-bond donors (Lipinski definition) is 3. The Bertz CT molecular complexity index is 513. The molecule has 0 spiro atoms. The number of fused-ring (bicyclic) bond motifs is 1. The van der Waals surface area contributed by atoms with Crippen molar-refractivity contribution in [3.05, 3.63) is 17.7 Å². The fraction of sp³-hybridized carbons (Fsp3) is 0.615. The number of amides is 1. The highest BCUT2D eigenvalue weighted by Gasteiger charge is 2.38. The first-order valence-corrected chi connectivity index (χ1v) is 6.75. The van der Waals surface area contributed by atoms with Crippen LogP contribution in [0.3, 0.4) is 0 Å². The van der Waals surface area contributed by atoms with Crippen LogP contribution in [0.25, 0.3) is 0 Å². The van der Waals surface area contributed by atoms with Crippen LogP contribution >= 0.6 is 0 Å². The molecule has 4 N–H and O–H groups in total. The van der Waals surface area contributed by atoms with Crippen LogP contribution in [-0.4, -0.2) is 43.9 Å². The molecule has 20 heavy (non-hydrogen) atoms. The van der Waals surface area contributed by atoms with Crippen molar-refractivity contribution in [1.29, 1.82) is 0 Å². The van der Waals surface area contributed by atoms with Crippen molar-refractivity contribution >= 4 is 11.9 Å². The SMILES string of the molecule is CCC(C)[C@H](N)C(=O)N1Cc2[nH]cnc2CC1C(=O)O. The molecule has 0 aliphatic carbocycles. The second kappa shape index (κ2) is 5.62. The van der Waals surface area contributed by atoms with Gasteiger partial charge in [-0.05, 0) is 5.92 Å². The molecule has 2 rings (SSSR count). The number of carbonyl (C=O) groups excluding carboxylic acids is 1. The normalized spacial score (nSPS) is 21.1. The topological polar surface area (TPSA) is 112 Å². The Kier molecular flexibility index (Phi) is 4.08. The number of nitrogens with zero attached hydrogens (tertiary/aromatic N) is 2. The number of carboxylic acids is 1. The minimum absolute atomic E-state index is 0.0140. The summed E-state index contributed by atoms with van der Waals surface area (Å²) < 4.78 is 0. The number of hydrogen-bond acceptors (Lipinski definition) is 4. The lowest BCUT2D eigenvalue weighted by atomic mass is 9.95. The van der Waals surface area contributed by atoms with Gasteiger partial charge in [0, 0.05) is 6.42 Å². The van der Waals surface area contributed by atoms with E-state index in [1.165, 1.54) is 11.2 Å². The summed E-state index contributed by atoms with van der Waals surface area (Å²) in [7, 11) is 0. The van der Waals surface area contributed by atoms with Crippen LogP contribution in [0.15, 0.2) is 6.33 Å². The molecule has 0 aromatic carbocycles. The van der Waals surface area contributed by atoms with E-state index in [1.807, 2.05) is 13.8 Å². The van der Waals surface area contributed by atoms with Crippen molar-refractivity contribution in [3.8, 4) is 0 Å². The minimum atomic E-state index is -1.02. The average Bonchev–Trinajstić information content (AvgIpc) is 2.90. The lowest BCUT2D eigenvalue weighted by molar-refractivity contribution is -0.152. The summed E-state index contributed by atoms with van der Waals surface area (Å²) >= 11 is 0. The predicted molar refractivity (Wildman–Crippen MR) is 71.7 cm³/mol. The summed E-state index contributed by atoms with van der Waals surface area (Å²) in [4.78, 5) is 32.2. The largest absolute Gasteiger partial charge is 0.480 e. The highest BCUT2D eigenvalue weighted by atomic mass is 16.4. The summed E-state index contributed by atoms with van der Waals surface area (Å²) in [5.41, 5.74) is 7.44. The van der Waals surface area contributed by atoms with Crippen LogP contribution in [0.4, 0.5) is 0 Å². The molecule has 1 amide bonds. The summed E-state index contributed by atoms with van der Waals surface area (Å²) in [5, 5.41) is 9.33. The molecule has 0 fully saturated rings. The third kappa shape index (κ3) is 2.53. The lowest BCUT2D eigenvalue weighted by Gasteiger charge is -2.35. The monoisotopic (exact) mass is 280 g/mol. The van der Waals surface area contributed by atoms with Gasteiger partial charge in [0.15, 0.2) is 0 Å². The Morgan fingerprint density at radius 3 is 2.95 bits per heavy atom. The highest BCUT2D eigenvalue weighted by molar-refractivity contribution is 5.87. The summed E-state index contributed by atoms with van der Waals surface area (Å²) in [5.74, 6) is -1.32. The molecule has 2 unspecified atom stereocenters. The molecule has 1 aliphatic heterocycles. The Morgan fingerprint density at radius 2 is 2.35 bits per heavy atom. The van der Waals surface area contributed by atoms with E-state index in [0.717, 1.165) is 12.1 Å². The van der Waals surface area contributed by atoms with Crippen molar-refractivity contribution in [1.82, 2.24) is 14.9 Å². The molecule has 110 valence electrons. The maximum absolute atomic E-state index is 12.4. The van der Waals surface area contributed by atoms with Crippen molar-refractivity contribution < 1.29 is 14.7 Å². The Balaban J connectivity index is 2.24. The number of rotatable bonds is 4. The van der Waals surface area contributed by atoms with Gasteiger partial charge in [0.2, 0.25) is 5.91 Å². The minimum Gasteiger partial charge on any atom is -0.480 e. The number of nitrogens with one attached hydrogen (secondary N) is 1. The number of aromatic nitrogens is 2. The van der Waals surface area contributed by atoms with Crippen LogP contribution in [0.5, 0.6) is 0 Å². The fourth-order valence-electron chi connectivity index (χ4n) is 2.38. The average molecular weight is 280 g/mol. The van der Waals surface area contributed by atoms with Crippen LogP contribution in [-0.2, 0) is 22.6 Å². The van der Waals surface area contributed by atoms with Crippen molar-refractivity contribution in [2.45, 2.75) is 45.3 Å². The van der Waals surface area contributed by atoms with Gasteiger partial charge in [0.25, 0.3) is 0 Å². The molecule has 1 aromatic rings. The molecule has 0 saturated heterocycles. The molecule has 2 heterocycles. The lowest BCUT2D eigenvalue weighted by Crippen LogP contribution is -2.55. The number of carboxylic acid groups (broad SMARTS) is 1. The van der Waals surface area contributed by atoms with E-state index in [9.17, 15) is 14.7 Å². The van der Waals surface area contributed by atoms with Crippen molar-refractivity contribution in [2.75, 3.05) is 0 Å². The first-order valence-electron chi connectivity index (χ1n) is 6.75. The summed E-state index contributed by atoms with van der Waals surface area (Å²) in [6.07, 6.45) is 2.51. The first kappa shape index (κ1) is 14.5. The quantitative estimate of drug-likeness (QED) is 0.725. The van der Waals surface area contributed by atoms with Gasteiger partial charge in [-0.1, -0.05) is 20.3 Å². The van der Waals surface area contributed by atoms with Crippen LogP contribution < -0.4 is 5.73 Å². The van der Waals surface area contributed by atoms with Gasteiger partial charge in [-0.15, -0.1) is 0 Å². The fourth-order valence-corrected chi connectivity index (χ4v) is 2.38. The maximum Gasteiger partial charge on any atom is 0.326 e. The third-order valence-electron chi connectivity index (χ3n) is 4.01. The molecule has 0 saturated carbocycles. The zero-order valence-corrected chi connectivity index (χ0v) is 11.7. The second-order valence-corrected chi connectivity index (χ2v) is 5.26. The van der Waals surface area contributed by atoms with E-state index in [-0.39, 0.29) is 24.8 Å². The summed E-state index contributed by atoms with van der Waals surface area (Å²) in [6, 6.07) is -1.57. The van der Waals surface area contributed by atoms with Gasteiger partial charge >= 0.3 is 5.97 Å². The van der Waals surface area contributed by atoms with Gasteiger partial charge in [0.05, 0.1) is 30.3 Å². The van der Waals surface area contributed by atoms with Gasteiger partial charge in [-0.25, -0.2) is 9.78 Å². The molecule has 1 aliphatic rings. The van der Waals surface area contributed by atoms with E-state index >= 15 is 0 Å². The van der Waals surface area contributed by atoms with Crippen LogP contribution in [0, 0.1) is 5.92 Å². The third-order valence-corrected chi connectivity index (χ3v) is 4.01. The smallest absolute Gasteiger partial charge is 0.326 e. The van der Waals surface area contributed by atoms with Crippen molar-refractivity contribution in [3.63, 3.8) is 0 Å². The molecule has 0 bridgehead atoms. The number of aliphatic carboxylic acids is 1. The molecular formula is C13H20N4O3. The molecule has 7 nitrogen and oxygen atoms in total. The standard InChI is InChI=1S/C13H20N4O3/c1-3-7(2)11(14)12(18)17-5-9-8(15-6-16-9)4-10(17)13(19)20/h6-7,10-11H,3-5,14H2,1-2H3,(H,15,16)(H,19,20)/t7?,10?,11-/m0/s1. The van der Waals surface area contributed by atoms with Crippen molar-refractivity contribution in [2.24, 2.45) is 11.7 Å². The molecular weight excluding hydrogens is 260 g/mol. The number of nitrogens with two attached hydrogens (primary N) is 1. The number of imidazole rings is 1. The number of aromatic amines is 1. The Hall–Kier alpha value is -1.89. The maximum atomic E-state index is 12.4. The van der Waals surface area contributed by atoms with Crippen LogP contribution in [0.1, 0.15) is 31.7 Å². The molecule has 3 atom stereocenters. The number of H-pyrrole nitrogens is 1. The van der Waals surface area contributed by atoms with Gasteiger partial charge < -0.3 is 20.7 Å².